The third-order valence-electron chi connectivity index (χ3n) is 1.28. The molecule has 10 heavy (non-hydrogen) atoms. The fourth-order valence-corrected chi connectivity index (χ4v) is 0.707. The number of unbranched alkanes of at least 4 members (excludes halogenated alkanes) is 1. The summed E-state index contributed by atoms with van der Waals surface area (Å²) >= 11 is 0. The second kappa shape index (κ2) is 6.53. The molecule has 0 atom stereocenters. The molecular formula is C9H17N. The zero-order valence-corrected chi connectivity index (χ0v) is 7.22. The number of rotatable bonds is 4. The predicted molar refractivity (Wildman–Crippen MR) is 47.7 cm³/mol. The molecule has 0 aromatic rings. The van der Waals surface area contributed by atoms with Gasteiger partial charge in [0.1, 0.15) is 0 Å². The maximum Gasteiger partial charge on any atom is 0.0392 e. The van der Waals surface area contributed by atoms with Crippen LogP contribution in [-0.4, -0.2) is 12.3 Å². The Bertz CT molecular complexity index is 123. The highest BCUT2D eigenvalue weighted by Gasteiger charge is 1.81. The first-order chi connectivity index (χ1) is 4.81. The van der Waals surface area contributed by atoms with Gasteiger partial charge in [-0.15, -0.1) is 0 Å². The summed E-state index contributed by atoms with van der Waals surface area (Å²) in [4.78, 5) is 4.33. The number of nitrogens with zero attached hydrogens (tertiary/aromatic N) is 1. The van der Waals surface area contributed by atoms with Crippen LogP contribution in [0.2, 0.25) is 0 Å². The molecule has 0 saturated carbocycles. The van der Waals surface area contributed by atoms with Crippen LogP contribution in [0.25, 0.3) is 0 Å². The third-order valence-corrected chi connectivity index (χ3v) is 1.28. The van der Waals surface area contributed by atoms with Crippen molar-refractivity contribution in [2.45, 2.75) is 33.6 Å². The third kappa shape index (κ3) is 5.54. The first kappa shape index (κ1) is 9.41. The van der Waals surface area contributed by atoms with E-state index in [2.05, 4.69) is 11.9 Å². The van der Waals surface area contributed by atoms with Gasteiger partial charge >= 0.3 is 0 Å². The van der Waals surface area contributed by atoms with Gasteiger partial charge in [-0.2, -0.15) is 0 Å². The lowest BCUT2D eigenvalue weighted by Crippen LogP contribution is -1.87. The van der Waals surface area contributed by atoms with E-state index in [0.29, 0.717) is 0 Å². The molecule has 0 N–H and O–H groups in total. The summed E-state index contributed by atoms with van der Waals surface area (Å²) in [6.45, 7) is 7.21. The van der Waals surface area contributed by atoms with Crippen molar-refractivity contribution in [2.24, 2.45) is 4.99 Å². The van der Waals surface area contributed by atoms with E-state index in [1.165, 1.54) is 12.8 Å². The van der Waals surface area contributed by atoms with Crippen molar-refractivity contribution >= 4 is 5.71 Å². The van der Waals surface area contributed by atoms with Gasteiger partial charge in [-0.05, 0) is 26.3 Å². The Balaban J connectivity index is 3.47. The molecule has 0 rings (SSSR count). The topological polar surface area (TPSA) is 12.4 Å². The number of hydrogen-bond acceptors (Lipinski definition) is 1. The Morgan fingerprint density at radius 1 is 1.50 bits per heavy atom. The van der Waals surface area contributed by atoms with Gasteiger partial charge in [-0.25, -0.2) is 0 Å². The summed E-state index contributed by atoms with van der Waals surface area (Å²) in [7, 11) is 0. The van der Waals surface area contributed by atoms with E-state index in [1.54, 1.807) is 0 Å². The van der Waals surface area contributed by atoms with Crippen LogP contribution in [0.1, 0.15) is 33.6 Å². The molecule has 0 bridgehead atoms. The summed E-state index contributed by atoms with van der Waals surface area (Å²) in [6.07, 6.45) is 6.49. The Morgan fingerprint density at radius 3 is 2.70 bits per heavy atom. The van der Waals surface area contributed by atoms with Crippen molar-refractivity contribution in [1.29, 1.82) is 0 Å². The van der Waals surface area contributed by atoms with Crippen LogP contribution in [0.15, 0.2) is 17.1 Å². The summed E-state index contributed by atoms with van der Waals surface area (Å²) in [5.41, 5.74) is 1.14. The van der Waals surface area contributed by atoms with Crippen LogP contribution in [0, 0.1) is 0 Å². The Labute approximate surface area is 63.9 Å². The van der Waals surface area contributed by atoms with E-state index in [-0.39, 0.29) is 0 Å². The molecule has 0 amide bonds. The van der Waals surface area contributed by atoms with Crippen LogP contribution >= 0.6 is 0 Å². The average Bonchev–Trinajstić information content (AvgIpc) is 1.89. The smallest absolute Gasteiger partial charge is 0.0392 e. The Kier molecular flexibility index (Phi) is 6.14. The highest BCUT2D eigenvalue weighted by Crippen LogP contribution is 1.88. The molecule has 1 nitrogen and oxygen atoms in total. The van der Waals surface area contributed by atoms with Gasteiger partial charge in [0, 0.05) is 12.3 Å². The molecule has 0 aliphatic heterocycles. The molecule has 58 valence electrons. The van der Waals surface area contributed by atoms with Crippen LogP contribution in [0.3, 0.4) is 0 Å². The fraction of sp³-hybridized carbons (Fsp3) is 0.667. The van der Waals surface area contributed by atoms with Gasteiger partial charge in [0.2, 0.25) is 0 Å². The lowest BCUT2D eigenvalue weighted by atomic mass is 10.3. The van der Waals surface area contributed by atoms with Crippen molar-refractivity contribution in [3.8, 4) is 0 Å². The molecule has 0 aliphatic carbocycles. The molecule has 0 aliphatic rings. The van der Waals surface area contributed by atoms with Crippen molar-refractivity contribution in [2.75, 3.05) is 6.54 Å². The fourth-order valence-electron chi connectivity index (χ4n) is 0.707. The minimum Gasteiger partial charge on any atom is -0.290 e. The average molecular weight is 139 g/mol. The molecule has 0 heterocycles. The maximum absolute atomic E-state index is 4.33. The van der Waals surface area contributed by atoms with Crippen LogP contribution in [0.4, 0.5) is 0 Å². The van der Waals surface area contributed by atoms with E-state index in [4.69, 9.17) is 0 Å². The predicted octanol–water partition coefficient (Wildman–Crippen LogP) is 2.82. The number of hydrogen-bond donors (Lipinski definition) is 0. The molecule has 0 aromatic heterocycles. The summed E-state index contributed by atoms with van der Waals surface area (Å²) < 4.78 is 0. The minimum atomic E-state index is 0.979. The minimum absolute atomic E-state index is 0.979. The van der Waals surface area contributed by atoms with Crippen LogP contribution in [-0.2, 0) is 0 Å². The van der Waals surface area contributed by atoms with E-state index in [9.17, 15) is 0 Å². The normalized spacial score (nSPS) is 12.9. The van der Waals surface area contributed by atoms with E-state index in [0.717, 1.165) is 12.3 Å². The zero-order valence-electron chi connectivity index (χ0n) is 7.22. The Hall–Kier alpha value is -0.590. The lowest BCUT2D eigenvalue weighted by molar-refractivity contribution is 0.808. The number of aliphatic imine (C=N–C) groups is 1. The first-order valence-corrected chi connectivity index (χ1v) is 3.95. The van der Waals surface area contributed by atoms with E-state index >= 15 is 0 Å². The summed E-state index contributed by atoms with van der Waals surface area (Å²) in [5, 5.41) is 0. The quantitative estimate of drug-likeness (QED) is 0.419. The van der Waals surface area contributed by atoms with E-state index < -0.39 is 0 Å². The Morgan fingerprint density at radius 2 is 2.20 bits per heavy atom. The molecule has 1 heteroatoms. The second-order valence-electron chi connectivity index (χ2n) is 2.38. The van der Waals surface area contributed by atoms with Gasteiger partial charge in [0.15, 0.2) is 0 Å². The van der Waals surface area contributed by atoms with Gasteiger partial charge in [-0.3, -0.25) is 4.99 Å². The largest absolute Gasteiger partial charge is 0.290 e. The molecule has 0 fully saturated rings. The van der Waals surface area contributed by atoms with Gasteiger partial charge in [-0.1, -0.05) is 19.4 Å². The zero-order chi connectivity index (χ0) is 7.82. The highest BCUT2D eigenvalue weighted by molar-refractivity contribution is 5.92. The first-order valence-electron chi connectivity index (χ1n) is 3.95. The molecule has 0 aromatic carbocycles. The van der Waals surface area contributed by atoms with Crippen molar-refractivity contribution in [1.82, 2.24) is 0 Å². The van der Waals surface area contributed by atoms with Crippen LogP contribution < -0.4 is 0 Å². The molecule has 0 radical (unpaired) electrons. The van der Waals surface area contributed by atoms with Crippen LogP contribution in [0.5, 0.6) is 0 Å². The standard InChI is InChI=1S/C9H17N/c1-4-6-8-10-9(3)7-5-2/h5,7H,4,6,8H2,1-3H3/b7-5-,10-9?. The molecule has 0 spiro atoms. The van der Waals surface area contributed by atoms with Gasteiger partial charge < -0.3 is 0 Å². The molecule has 0 unspecified atom stereocenters. The molecular weight excluding hydrogens is 122 g/mol. The maximum atomic E-state index is 4.33. The molecule has 0 saturated heterocycles. The monoisotopic (exact) mass is 139 g/mol. The summed E-state index contributed by atoms with van der Waals surface area (Å²) in [6, 6.07) is 0. The lowest BCUT2D eigenvalue weighted by Gasteiger charge is -1.91. The van der Waals surface area contributed by atoms with Gasteiger partial charge in [0.05, 0.1) is 0 Å². The summed E-state index contributed by atoms with van der Waals surface area (Å²) in [5.74, 6) is 0. The highest BCUT2D eigenvalue weighted by atomic mass is 14.7. The van der Waals surface area contributed by atoms with E-state index in [1.807, 2.05) is 26.0 Å². The van der Waals surface area contributed by atoms with Crippen molar-refractivity contribution < 1.29 is 0 Å². The van der Waals surface area contributed by atoms with Crippen molar-refractivity contribution in [3.05, 3.63) is 12.2 Å². The van der Waals surface area contributed by atoms with Crippen molar-refractivity contribution in [3.63, 3.8) is 0 Å². The second-order valence-corrected chi connectivity index (χ2v) is 2.38. The van der Waals surface area contributed by atoms with Gasteiger partial charge in [0.25, 0.3) is 0 Å². The number of allylic oxidation sites excluding steroid dienone is 2. The SMILES string of the molecule is C/C=C\C(C)=NCCCC.